The van der Waals surface area contributed by atoms with Crippen LogP contribution in [0, 0.1) is 0 Å². The molecular weight excluding hydrogens is 308 g/mol. The van der Waals surface area contributed by atoms with E-state index < -0.39 is 0 Å². The van der Waals surface area contributed by atoms with Crippen molar-refractivity contribution < 1.29 is 5.11 Å². The number of aliphatic hydroxyl groups excluding tert-OH is 1. The van der Waals surface area contributed by atoms with Gasteiger partial charge in [0.15, 0.2) is 0 Å². The molecule has 0 bridgehead atoms. The molecule has 0 radical (unpaired) electrons. The van der Waals surface area contributed by atoms with Gasteiger partial charge in [-0.25, -0.2) is 0 Å². The maximum atomic E-state index is 10.3. The van der Waals surface area contributed by atoms with E-state index in [9.17, 15) is 5.11 Å². The zero-order valence-corrected chi connectivity index (χ0v) is 15.5. The largest absolute Gasteiger partial charge is 0.392 e. The van der Waals surface area contributed by atoms with E-state index in [4.69, 9.17) is 0 Å². The molecule has 0 aromatic heterocycles. The van der Waals surface area contributed by atoms with Gasteiger partial charge < -0.3 is 10.0 Å². The van der Waals surface area contributed by atoms with Gasteiger partial charge in [0, 0.05) is 43.8 Å². The number of aliphatic hydroxyl groups is 1. The van der Waals surface area contributed by atoms with Crippen LogP contribution >= 0.6 is 0 Å². The van der Waals surface area contributed by atoms with Crippen molar-refractivity contribution >= 4 is 16.5 Å². The van der Waals surface area contributed by atoms with Crippen LogP contribution in [-0.4, -0.2) is 48.8 Å². The van der Waals surface area contributed by atoms with E-state index in [-0.39, 0.29) is 6.10 Å². The number of anilines is 1. The van der Waals surface area contributed by atoms with Gasteiger partial charge in [-0.3, -0.25) is 4.90 Å². The molecule has 25 heavy (non-hydrogen) atoms. The van der Waals surface area contributed by atoms with Crippen LogP contribution < -0.4 is 4.90 Å². The highest BCUT2D eigenvalue weighted by atomic mass is 16.3. The van der Waals surface area contributed by atoms with Crippen molar-refractivity contribution in [2.45, 2.75) is 45.1 Å². The van der Waals surface area contributed by atoms with Crippen LogP contribution in [0.3, 0.4) is 0 Å². The highest BCUT2D eigenvalue weighted by Crippen LogP contribution is 2.27. The van der Waals surface area contributed by atoms with Crippen molar-refractivity contribution in [3.63, 3.8) is 0 Å². The summed E-state index contributed by atoms with van der Waals surface area (Å²) in [7, 11) is 0. The van der Waals surface area contributed by atoms with Gasteiger partial charge in [-0.2, -0.15) is 0 Å². The lowest BCUT2D eigenvalue weighted by Crippen LogP contribution is -2.48. The number of nitrogens with zero attached hydrogens (tertiary/aromatic N) is 2. The average Bonchev–Trinajstić information content (AvgIpc) is 2.65. The Balaban J connectivity index is 1.50. The van der Waals surface area contributed by atoms with Crippen LogP contribution in [0.15, 0.2) is 42.5 Å². The first-order chi connectivity index (χ1) is 12.3. The molecule has 3 nitrogen and oxygen atoms in total. The topological polar surface area (TPSA) is 26.7 Å². The van der Waals surface area contributed by atoms with Gasteiger partial charge in [0.2, 0.25) is 0 Å². The van der Waals surface area contributed by atoms with Gasteiger partial charge in [0.25, 0.3) is 0 Å². The summed E-state index contributed by atoms with van der Waals surface area (Å²) in [4.78, 5) is 4.92. The predicted molar refractivity (Wildman–Crippen MR) is 107 cm³/mol. The van der Waals surface area contributed by atoms with Crippen molar-refractivity contribution in [1.82, 2.24) is 4.90 Å². The average molecular weight is 341 g/mol. The van der Waals surface area contributed by atoms with E-state index in [0.717, 1.165) is 45.6 Å². The third-order valence-corrected chi connectivity index (χ3v) is 5.34. The minimum absolute atomic E-state index is 0.166. The van der Waals surface area contributed by atoms with Gasteiger partial charge in [-0.1, -0.05) is 69.0 Å². The smallest absolute Gasteiger partial charge is 0.0667 e. The standard InChI is InChI=1S/C22H32N2O/c1-2-3-4-5-11-20(25)18-23-14-16-24(17-15-23)22-13-8-10-19-9-6-7-12-21(19)22/h6-10,12-13,20,25H,2-5,11,14-18H2,1H3. The summed E-state index contributed by atoms with van der Waals surface area (Å²) in [6, 6.07) is 15.2. The quantitative estimate of drug-likeness (QED) is 0.726. The molecule has 2 aromatic carbocycles. The van der Waals surface area contributed by atoms with E-state index in [1.807, 2.05) is 0 Å². The first kappa shape index (κ1) is 18.2. The van der Waals surface area contributed by atoms with E-state index in [0.29, 0.717) is 0 Å². The summed E-state index contributed by atoms with van der Waals surface area (Å²) >= 11 is 0. The Morgan fingerprint density at radius 2 is 1.68 bits per heavy atom. The summed E-state index contributed by atoms with van der Waals surface area (Å²) in [6.45, 7) is 7.21. The number of unbranched alkanes of at least 4 members (excludes halogenated alkanes) is 3. The monoisotopic (exact) mass is 340 g/mol. The summed E-state index contributed by atoms with van der Waals surface area (Å²) in [5.74, 6) is 0. The summed E-state index contributed by atoms with van der Waals surface area (Å²) in [5.41, 5.74) is 1.35. The zero-order chi connectivity index (χ0) is 17.5. The Labute approximate surface area is 152 Å². The molecule has 1 unspecified atom stereocenters. The summed E-state index contributed by atoms with van der Waals surface area (Å²) < 4.78 is 0. The molecule has 3 heteroatoms. The third kappa shape index (κ3) is 4.96. The molecule has 136 valence electrons. The molecule has 3 rings (SSSR count). The first-order valence-corrected chi connectivity index (χ1v) is 9.91. The maximum absolute atomic E-state index is 10.3. The summed E-state index contributed by atoms with van der Waals surface area (Å²) in [5, 5.41) is 12.9. The fraction of sp³-hybridized carbons (Fsp3) is 0.545. The molecule has 1 aliphatic heterocycles. The number of fused-ring (bicyclic) bond motifs is 1. The number of benzene rings is 2. The second-order valence-electron chi connectivity index (χ2n) is 7.29. The molecule has 2 aromatic rings. The fourth-order valence-electron chi connectivity index (χ4n) is 3.85. The summed E-state index contributed by atoms with van der Waals surface area (Å²) in [6.07, 6.45) is 5.74. The zero-order valence-electron chi connectivity index (χ0n) is 15.5. The molecule has 0 spiro atoms. The number of piperazine rings is 1. The van der Waals surface area contributed by atoms with Crippen molar-refractivity contribution in [2.24, 2.45) is 0 Å². The molecule has 1 saturated heterocycles. The maximum Gasteiger partial charge on any atom is 0.0667 e. The van der Waals surface area contributed by atoms with Crippen LogP contribution in [0.5, 0.6) is 0 Å². The van der Waals surface area contributed by atoms with Gasteiger partial charge >= 0.3 is 0 Å². The lowest BCUT2D eigenvalue weighted by molar-refractivity contribution is 0.0997. The molecule has 1 N–H and O–H groups in total. The van der Waals surface area contributed by atoms with Crippen molar-refractivity contribution in [2.75, 3.05) is 37.6 Å². The minimum atomic E-state index is -0.166. The predicted octanol–water partition coefficient (Wildman–Crippen LogP) is 4.29. The van der Waals surface area contributed by atoms with E-state index >= 15 is 0 Å². The SMILES string of the molecule is CCCCCCC(O)CN1CCN(c2cccc3ccccc23)CC1. The van der Waals surface area contributed by atoms with Crippen LogP contribution in [0.1, 0.15) is 39.0 Å². The van der Waals surface area contributed by atoms with Crippen molar-refractivity contribution in [1.29, 1.82) is 0 Å². The van der Waals surface area contributed by atoms with Crippen LogP contribution in [0.25, 0.3) is 10.8 Å². The number of hydrogen-bond acceptors (Lipinski definition) is 3. The second-order valence-corrected chi connectivity index (χ2v) is 7.29. The lowest BCUT2D eigenvalue weighted by atomic mass is 10.1. The van der Waals surface area contributed by atoms with Crippen LogP contribution in [0.2, 0.25) is 0 Å². The first-order valence-electron chi connectivity index (χ1n) is 9.91. The molecule has 1 fully saturated rings. The van der Waals surface area contributed by atoms with Gasteiger partial charge in [0.1, 0.15) is 0 Å². The second kappa shape index (κ2) is 9.21. The van der Waals surface area contributed by atoms with Crippen LogP contribution in [-0.2, 0) is 0 Å². The number of hydrogen-bond donors (Lipinski definition) is 1. The van der Waals surface area contributed by atoms with Gasteiger partial charge in [-0.15, -0.1) is 0 Å². The molecule has 1 aliphatic rings. The molecule has 0 saturated carbocycles. The number of β-amino-alcohol motifs (C(OH)–C–C–N with tert-alkyl or cyclic N) is 1. The van der Waals surface area contributed by atoms with Gasteiger partial charge in [0.05, 0.1) is 6.10 Å². The molecular formula is C22H32N2O. The fourth-order valence-corrected chi connectivity index (χ4v) is 3.85. The molecule has 0 aliphatic carbocycles. The van der Waals surface area contributed by atoms with Crippen molar-refractivity contribution in [3.8, 4) is 0 Å². The normalized spacial score (nSPS) is 17.1. The van der Waals surface area contributed by atoms with E-state index in [1.54, 1.807) is 0 Å². The Kier molecular flexibility index (Phi) is 6.71. The van der Waals surface area contributed by atoms with Crippen LogP contribution in [0.4, 0.5) is 5.69 Å². The Hall–Kier alpha value is -1.58. The van der Waals surface area contributed by atoms with Gasteiger partial charge in [-0.05, 0) is 17.9 Å². The third-order valence-electron chi connectivity index (χ3n) is 5.34. The van der Waals surface area contributed by atoms with E-state index in [1.165, 1.54) is 35.7 Å². The minimum Gasteiger partial charge on any atom is -0.392 e. The number of rotatable bonds is 8. The molecule has 0 amide bonds. The highest BCUT2D eigenvalue weighted by Gasteiger charge is 2.20. The highest BCUT2D eigenvalue weighted by molar-refractivity contribution is 5.94. The Bertz CT molecular complexity index is 644. The Morgan fingerprint density at radius 3 is 2.48 bits per heavy atom. The van der Waals surface area contributed by atoms with E-state index in [2.05, 4.69) is 59.2 Å². The Morgan fingerprint density at radius 1 is 0.920 bits per heavy atom. The lowest BCUT2D eigenvalue weighted by Gasteiger charge is -2.37. The molecule has 1 atom stereocenters. The molecule has 1 heterocycles. The van der Waals surface area contributed by atoms with Crippen molar-refractivity contribution in [3.05, 3.63) is 42.5 Å².